The van der Waals surface area contributed by atoms with Gasteiger partial charge in [0.05, 0.1) is 11.0 Å². The standard InChI is InChI=1S/C22H18N4O3/c23-20(27)13-29-17-5-3-4-15(12-17)22(28)24-16-10-8-14(9-11-16)21-25-18-6-1-2-7-19(18)26-21/h1-12H,13H2,(H2,23,27)(H,24,28)(H,25,26). The van der Waals surface area contributed by atoms with Gasteiger partial charge in [-0.15, -0.1) is 0 Å². The van der Waals surface area contributed by atoms with E-state index in [1.54, 1.807) is 24.3 Å². The first-order valence-corrected chi connectivity index (χ1v) is 8.96. The summed E-state index contributed by atoms with van der Waals surface area (Å²) in [6.45, 7) is -0.242. The van der Waals surface area contributed by atoms with E-state index in [-0.39, 0.29) is 12.5 Å². The Balaban J connectivity index is 1.46. The molecule has 0 radical (unpaired) electrons. The predicted molar refractivity (Wildman–Crippen MR) is 111 cm³/mol. The van der Waals surface area contributed by atoms with Gasteiger partial charge in [-0.2, -0.15) is 0 Å². The van der Waals surface area contributed by atoms with Crippen molar-refractivity contribution in [3.05, 3.63) is 78.4 Å². The molecule has 1 aromatic heterocycles. The Labute approximate surface area is 166 Å². The average Bonchev–Trinajstić information content (AvgIpc) is 3.17. The van der Waals surface area contributed by atoms with Gasteiger partial charge < -0.3 is 20.8 Å². The maximum Gasteiger partial charge on any atom is 0.255 e. The van der Waals surface area contributed by atoms with Crippen molar-refractivity contribution in [2.75, 3.05) is 11.9 Å². The summed E-state index contributed by atoms with van der Waals surface area (Å²) >= 11 is 0. The first-order chi connectivity index (χ1) is 14.1. The summed E-state index contributed by atoms with van der Waals surface area (Å²) in [5, 5.41) is 2.84. The molecule has 29 heavy (non-hydrogen) atoms. The van der Waals surface area contributed by atoms with E-state index in [1.807, 2.05) is 48.5 Å². The van der Waals surface area contributed by atoms with E-state index in [1.165, 1.54) is 0 Å². The molecule has 0 saturated heterocycles. The van der Waals surface area contributed by atoms with Crippen LogP contribution in [0.25, 0.3) is 22.4 Å². The molecular weight excluding hydrogens is 368 g/mol. The van der Waals surface area contributed by atoms with Crippen molar-refractivity contribution >= 4 is 28.5 Å². The van der Waals surface area contributed by atoms with Crippen LogP contribution in [0.3, 0.4) is 0 Å². The van der Waals surface area contributed by atoms with Gasteiger partial charge in [-0.3, -0.25) is 9.59 Å². The van der Waals surface area contributed by atoms with Gasteiger partial charge >= 0.3 is 0 Å². The largest absolute Gasteiger partial charge is 0.484 e. The fourth-order valence-electron chi connectivity index (χ4n) is 2.89. The number of primary amides is 1. The third-order valence-corrected chi connectivity index (χ3v) is 4.28. The Hall–Kier alpha value is -4.13. The summed E-state index contributed by atoms with van der Waals surface area (Å²) in [7, 11) is 0. The van der Waals surface area contributed by atoms with E-state index in [9.17, 15) is 9.59 Å². The van der Waals surface area contributed by atoms with Crippen molar-refractivity contribution < 1.29 is 14.3 Å². The second-order valence-corrected chi connectivity index (χ2v) is 6.42. The van der Waals surface area contributed by atoms with Crippen molar-refractivity contribution in [3.8, 4) is 17.1 Å². The molecule has 0 fully saturated rings. The molecule has 144 valence electrons. The maximum absolute atomic E-state index is 12.5. The highest BCUT2D eigenvalue weighted by molar-refractivity contribution is 6.04. The van der Waals surface area contributed by atoms with E-state index in [0.29, 0.717) is 17.0 Å². The van der Waals surface area contributed by atoms with Gasteiger partial charge in [0.1, 0.15) is 11.6 Å². The summed E-state index contributed by atoms with van der Waals surface area (Å²) in [5.74, 6) is 0.301. The van der Waals surface area contributed by atoms with Gasteiger partial charge in [0.15, 0.2) is 6.61 Å². The number of carbonyl (C=O) groups excluding carboxylic acids is 2. The lowest BCUT2D eigenvalue weighted by Gasteiger charge is -2.08. The van der Waals surface area contributed by atoms with E-state index in [4.69, 9.17) is 10.5 Å². The SMILES string of the molecule is NC(=O)COc1cccc(C(=O)Nc2ccc(-c3nc4ccccc4[nH]3)cc2)c1. The second-order valence-electron chi connectivity index (χ2n) is 6.42. The molecule has 0 saturated carbocycles. The number of fused-ring (bicyclic) bond motifs is 1. The van der Waals surface area contributed by atoms with Crippen LogP contribution in [0.4, 0.5) is 5.69 Å². The number of nitrogens with two attached hydrogens (primary N) is 1. The highest BCUT2D eigenvalue weighted by atomic mass is 16.5. The predicted octanol–water partition coefficient (Wildman–Crippen LogP) is 3.35. The minimum atomic E-state index is -0.579. The van der Waals surface area contributed by atoms with E-state index in [0.717, 1.165) is 22.4 Å². The number of nitrogens with zero attached hydrogens (tertiary/aromatic N) is 1. The first kappa shape index (κ1) is 18.2. The minimum absolute atomic E-state index is 0.242. The van der Waals surface area contributed by atoms with Crippen LogP contribution in [0, 0.1) is 0 Å². The number of rotatable bonds is 6. The summed E-state index contributed by atoms with van der Waals surface area (Å²) in [5.41, 5.74) is 8.92. The summed E-state index contributed by atoms with van der Waals surface area (Å²) in [4.78, 5) is 31.2. The highest BCUT2D eigenvalue weighted by Gasteiger charge is 2.09. The molecule has 7 nitrogen and oxygen atoms in total. The van der Waals surface area contributed by atoms with Crippen LogP contribution in [0.15, 0.2) is 72.8 Å². The fraction of sp³-hybridized carbons (Fsp3) is 0.0455. The lowest BCUT2D eigenvalue weighted by molar-refractivity contribution is -0.119. The monoisotopic (exact) mass is 386 g/mol. The maximum atomic E-state index is 12.5. The molecule has 4 rings (SSSR count). The van der Waals surface area contributed by atoms with Crippen LogP contribution in [0.1, 0.15) is 10.4 Å². The quantitative estimate of drug-likeness (QED) is 0.472. The number of carbonyl (C=O) groups is 2. The zero-order valence-corrected chi connectivity index (χ0v) is 15.4. The molecule has 4 N–H and O–H groups in total. The number of hydrogen-bond donors (Lipinski definition) is 3. The number of benzene rings is 3. The van der Waals surface area contributed by atoms with E-state index >= 15 is 0 Å². The summed E-state index contributed by atoms with van der Waals surface area (Å²) in [6, 6.07) is 21.8. The zero-order valence-electron chi connectivity index (χ0n) is 15.4. The molecular formula is C22H18N4O3. The van der Waals surface area contributed by atoms with Crippen molar-refractivity contribution in [3.63, 3.8) is 0 Å². The van der Waals surface area contributed by atoms with Gasteiger partial charge in [0.25, 0.3) is 11.8 Å². The Morgan fingerprint density at radius 3 is 2.55 bits per heavy atom. The van der Waals surface area contributed by atoms with Crippen molar-refractivity contribution in [1.82, 2.24) is 9.97 Å². The van der Waals surface area contributed by atoms with Crippen molar-refractivity contribution in [1.29, 1.82) is 0 Å². The molecule has 2 amide bonds. The number of anilines is 1. The number of aromatic amines is 1. The molecule has 7 heteroatoms. The molecule has 0 aliphatic carbocycles. The summed E-state index contributed by atoms with van der Waals surface area (Å²) in [6.07, 6.45) is 0. The Bertz CT molecular complexity index is 1150. The molecule has 4 aromatic rings. The molecule has 0 aliphatic rings. The number of nitrogens with one attached hydrogen (secondary N) is 2. The lowest BCUT2D eigenvalue weighted by atomic mass is 10.1. The lowest BCUT2D eigenvalue weighted by Crippen LogP contribution is -2.20. The number of hydrogen-bond acceptors (Lipinski definition) is 4. The third kappa shape index (κ3) is 4.24. The molecule has 0 atom stereocenters. The van der Waals surface area contributed by atoms with Crippen molar-refractivity contribution in [2.24, 2.45) is 5.73 Å². The van der Waals surface area contributed by atoms with Crippen LogP contribution in [0.5, 0.6) is 5.75 Å². The number of aromatic nitrogens is 2. The number of imidazole rings is 1. The van der Waals surface area contributed by atoms with Crippen LogP contribution in [-0.4, -0.2) is 28.4 Å². The van der Waals surface area contributed by atoms with Crippen LogP contribution in [-0.2, 0) is 4.79 Å². The Morgan fingerprint density at radius 2 is 1.79 bits per heavy atom. The number of amides is 2. The number of ether oxygens (including phenoxy) is 1. The molecule has 0 bridgehead atoms. The normalized spacial score (nSPS) is 10.6. The average molecular weight is 386 g/mol. The van der Waals surface area contributed by atoms with Crippen molar-refractivity contribution in [2.45, 2.75) is 0 Å². The van der Waals surface area contributed by atoms with Crippen LogP contribution >= 0.6 is 0 Å². The number of para-hydroxylation sites is 2. The minimum Gasteiger partial charge on any atom is -0.484 e. The Morgan fingerprint density at radius 1 is 1.00 bits per heavy atom. The van der Waals surface area contributed by atoms with E-state index < -0.39 is 5.91 Å². The van der Waals surface area contributed by atoms with Gasteiger partial charge in [-0.1, -0.05) is 18.2 Å². The zero-order chi connectivity index (χ0) is 20.2. The molecule has 1 heterocycles. The van der Waals surface area contributed by atoms with Gasteiger partial charge in [-0.05, 0) is 54.6 Å². The van der Waals surface area contributed by atoms with Gasteiger partial charge in [0.2, 0.25) is 0 Å². The topological polar surface area (TPSA) is 110 Å². The van der Waals surface area contributed by atoms with Gasteiger partial charge in [-0.25, -0.2) is 4.98 Å². The highest BCUT2D eigenvalue weighted by Crippen LogP contribution is 2.22. The molecule has 0 aliphatic heterocycles. The molecule has 0 spiro atoms. The Kier molecular flexibility index (Phi) is 4.94. The third-order valence-electron chi connectivity index (χ3n) is 4.28. The first-order valence-electron chi connectivity index (χ1n) is 8.96. The summed E-state index contributed by atoms with van der Waals surface area (Å²) < 4.78 is 5.23. The van der Waals surface area contributed by atoms with Gasteiger partial charge in [0, 0.05) is 16.8 Å². The number of H-pyrrole nitrogens is 1. The fourth-order valence-corrected chi connectivity index (χ4v) is 2.89. The van der Waals surface area contributed by atoms with E-state index in [2.05, 4.69) is 15.3 Å². The van der Waals surface area contributed by atoms with Crippen LogP contribution in [0.2, 0.25) is 0 Å². The smallest absolute Gasteiger partial charge is 0.255 e. The van der Waals surface area contributed by atoms with Crippen LogP contribution < -0.4 is 15.8 Å². The second kappa shape index (κ2) is 7.85. The molecule has 3 aromatic carbocycles. The molecule has 0 unspecified atom stereocenters.